The van der Waals surface area contributed by atoms with E-state index in [2.05, 4.69) is 25.2 Å². The van der Waals surface area contributed by atoms with Crippen molar-refractivity contribution in [3.63, 3.8) is 0 Å². The number of rotatable bonds is 7. The standard InChI is InChI=1S/C24H37N5O3S/c1-14(22(32)29(6)11-7-10-25)16-8-9-24(3)12-17-20(15(2)19(24)21(16)31)27-23(33-17)26-18(30)13-28(4)5/h14-16,19,21,31H,7-9,11-13H2,1-6H3,(H,26,27,30). The van der Waals surface area contributed by atoms with Gasteiger partial charge in [0.15, 0.2) is 5.13 Å². The molecule has 0 radical (unpaired) electrons. The lowest BCUT2D eigenvalue weighted by molar-refractivity contribution is -0.143. The smallest absolute Gasteiger partial charge is 0.240 e. The fraction of sp³-hybridized carbons (Fsp3) is 0.750. The molecule has 1 fully saturated rings. The highest BCUT2D eigenvalue weighted by Crippen LogP contribution is 2.57. The van der Waals surface area contributed by atoms with Crippen LogP contribution in [0.2, 0.25) is 0 Å². The number of carbonyl (C=O) groups is 2. The van der Waals surface area contributed by atoms with Gasteiger partial charge in [0.05, 0.1) is 30.8 Å². The Labute approximate surface area is 201 Å². The number of likely N-dealkylation sites (N-methyl/N-ethyl adjacent to an activating group) is 1. The monoisotopic (exact) mass is 475 g/mol. The molecular formula is C24H37N5O3S. The summed E-state index contributed by atoms with van der Waals surface area (Å²) in [6.45, 7) is 6.97. The Hall–Kier alpha value is -2.02. The summed E-state index contributed by atoms with van der Waals surface area (Å²) in [7, 11) is 5.43. The summed E-state index contributed by atoms with van der Waals surface area (Å²) >= 11 is 1.54. The minimum atomic E-state index is -0.608. The van der Waals surface area contributed by atoms with Crippen LogP contribution in [0.25, 0.3) is 0 Å². The highest BCUT2D eigenvalue weighted by molar-refractivity contribution is 7.15. The van der Waals surface area contributed by atoms with Crippen molar-refractivity contribution >= 4 is 28.3 Å². The van der Waals surface area contributed by atoms with Crippen LogP contribution in [0.3, 0.4) is 0 Å². The molecule has 0 aliphatic heterocycles. The third kappa shape index (κ3) is 5.23. The number of carbonyl (C=O) groups excluding carboxylic acids is 2. The Morgan fingerprint density at radius 3 is 2.73 bits per heavy atom. The van der Waals surface area contributed by atoms with Crippen LogP contribution >= 0.6 is 11.3 Å². The van der Waals surface area contributed by atoms with Crippen molar-refractivity contribution in [1.29, 1.82) is 5.26 Å². The molecule has 8 nitrogen and oxygen atoms in total. The molecule has 33 heavy (non-hydrogen) atoms. The number of nitrogens with zero attached hydrogens (tertiary/aromatic N) is 4. The third-order valence-electron chi connectivity index (χ3n) is 7.60. The van der Waals surface area contributed by atoms with Gasteiger partial charge in [-0.3, -0.25) is 9.59 Å². The zero-order valence-corrected chi connectivity index (χ0v) is 21.4. The Bertz CT molecular complexity index is 926. The average molecular weight is 476 g/mol. The van der Waals surface area contributed by atoms with Crippen molar-refractivity contribution in [3.05, 3.63) is 10.6 Å². The van der Waals surface area contributed by atoms with Crippen LogP contribution in [0, 0.1) is 34.5 Å². The van der Waals surface area contributed by atoms with Crippen LogP contribution < -0.4 is 5.32 Å². The van der Waals surface area contributed by atoms with Gasteiger partial charge >= 0.3 is 0 Å². The van der Waals surface area contributed by atoms with Crippen LogP contribution in [-0.2, 0) is 16.0 Å². The van der Waals surface area contributed by atoms with Crippen LogP contribution in [0.4, 0.5) is 5.13 Å². The molecule has 0 spiro atoms. The molecule has 2 aliphatic rings. The van der Waals surface area contributed by atoms with Gasteiger partial charge in [-0.1, -0.05) is 20.8 Å². The fourth-order valence-corrected chi connectivity index (χ4v) is 7.18. The number of hydrogen-bond donors (Lipinski definition) is 2. The predicted octanol–water partition coefficient (Wildman–Crippen LogP) is 2.70. The molecule has 182 valence electrons. The highest BCUT2D eigenvalue weighted by Gasteiger charge is 2.54. The number of amides is 2. The van der Waals surface area contributed by atoms with Crippen LogP contribution in [0.15, 0.2) is 0 Å². The van der Waals surface area contributed by atoms with E-state index in [0.717, 1.165) is 25.0 Å². The summed E-state index contributed by atoms with van der Waals surface area (Å²) in [5.41, 5.74) is 0.891. The highest BCUT2D eigenvalue weighted by atomic mass is 32.1. The molecule has 9 heteroatoms. The van der Waals surface area contributed by atoms with Gasteiger partial charge in [-0.25, -0.2) is 4.98 Å². The minimum Gasteiger partial charge on any atom is -0.392 e. The van der Waals surface area contributed by atoms with Gasteiger partial charge in [0.1, 0.15) is 0 Å². The molecule has 1 aromatic rings. The van der Waals surface area contributed by atoms with Gasteiger partial charge in [-0.2, -0.15) is 5.26 Å². The van der Waals surface area contributed by atoms with E-state index in [1.54, 1.807) is 23.3 Å². The van der Waals surface area contributed by atoms with E-state index in [9.17, 15) is 14.7 Å². The quantitative estimate of drug-likeness (QED) is 0.628. The lowest BCUT2D eigenvalue weighted by atomic mass is 9.53. The fourth-order valence-electron chi connectivity index (χ4n) is 5.90. The summed E-state index contributed by atoms with van der Waals surface area (Å²) < 4.78 is 0. The Balaban J connectivity index is 1.78. The number of hydrogen-bond acceptors (Lipinski definition) is 7. The van der Waals surface area contributed by atoms with Crippen molar-refractivity contribution in [2.45, 2.75) is 58.5 Å². The Morgan fingerprint density at radius 2 is 2.09 bits per heavy atom. The van der Waals surface area contributed by atoms with Gasteiger partial charge in [0, 0.05) is 30.3 Å². The zero-order valence-electron chi connectivity index (χ0n) is 20.6. The van der Waals surface area contributed by atoms with Gasteiger partial charge in [0.25, 0.3) is 0 Å². The number of thiazole rings is 1. The van der Waals surface area contributed by atoms with Crippen molar-refractivity contribution in [1.82, 2.24) is 14.8 Å². The normalized spacial score (nSPS) is 29.5. The van der Waals surface area contributed by atoms with Crippen LogP contribution in [0.5, 0.6) is 0 Å². The summed E-state index contributed by atoms with van der Waals surface area (Å²) in [6, 6.07) is 2.08. The Morgan fingerprint density at radius 1 is 1.39 bits per heavy atom. The number of aliphatic hydroxyl groups is 1. The molecule has 2 N–H and O–H groups in total. The second kappa shape index (κ2) is 10.1. The number of anilines is 1. The summed E-state index contributed by atoms with van der Waals surface area (Å²) in [5.74, 6) is -0.501. The average Bonchev–Trinajstić information content (AvgIpc) is 3.12. The number of fused-ring (bicyclic) bond motifs is 2. The predicted molar refractivity (Wildman–Crippen MR) is 129 cm³/mol. The molecule has 6 unspecified atom stereocenters. The molecule has 1 aromatic heterocycles. The summed E-state index contributed by atoms with van der Waals surface area (Å²) in [5, 5.41) is 23.9. The molecule has 0 aromatic carbocycles. The zero-order chi connectivity index (χ0) is 24.5. The lowest BCUT2D eigenvalue weighted by Crippen LogP contribution is -2.53. The van der Waals surface area contributed by atoms with E-state index in [0.29, 0.717) is 24.6 Å². The van der Waals surface area contributed by atoms with Gasteiger partial charge in [-0.15, -0.1) is 11.3 Å². The van der Waals surface area contributed by atoms with Crippen molar-refractivity contribution in [2.24, 2.45) is 23.2 Å². The van der Waals surface area contributed by atoms with Gasteiger partial charge in [-0.05, 0) is 50.6 Å². The molecule has 0 bridgehead atoms. The second-order valence-corrected chi connectivity index (χ2v) is 11.5. The molecule has 3 rings (SSSR count). The SMILES string of the molecule is CC(C(=O)N(C)CCC#N)C1CCC2(C)Cc3sc(NC(=O)CN(C)C)nc3C(C)C2C1O. The summed E-state index contributed by atoms with van der Waals surface area (Å²) in [6.07, 6.45) is 2.25. The molecule has 2 aliphatic carbocycles. The topological polar surface area (TPSA) is 110 Å². The molecule has 2 amide bonds. The number of nitriles is 1. The third-order valence-corrected chi connectivity index (χ3v) is 8.58. The first-order chi connectivity index (χ1) is 15.5. The molecular weight excluding hydrogens is 438 g/mol. The molecule has 1 heterocycles. The van der Waals surface area contributed by atoms with Crippen molar-refractivity contribution in [2.75, 3.05) is 39.5 Å². The van der Waals surface area contributed by atoms with E-state index in [4.69, 9.17) is 10.2 Å². The maximum Gasteiger partial charge on any atom is 0.240 e. The van der Waals surface area contributed by atoms with E-state index < -0.39 is 6.10 Å². The van der Waals surface area contributed by atoms with Crippen LogP contribution in [0.1, 0.15) is 56.5 Å². The van der Waals surface area contributed by atoms with E-state index in [1.807, 2.05) is 25.9 Å². The van der Waals surface area contributed by atoms with Crippen molar-refractivity contribution in [3.8, 4) is 6.07 Å². The first-order valence-corrected chi connectivity index (χ1v) is 12.5. The first-order valence-electron chi connectivity index (χ1n) is 11.7. The molecule has 0 saturated heterocycles. The van der Waals surface area contributed by atoms with Crippen LogP contribution in [-0.4, -0.2) is 72.0 Å². The summed E-state index contributed by atoms with van der Waals surface area (Å²) in [4.78, 5) is 34.5. The second-order valence-electron chi connectivity index (χ2n) is 10.4. The molecule has 1 saturated carbocycles. The van der Waals surface area contributed by atoms with Gasteiger partial charge < -0.3 is 20.2 Å². The first kappa shape index (κ1) is 25.6. The number of aliphatic hydroxyl groups excluding tert-OH is 1. The van der Waals surface area contributed by atoms with Crippen molar-refractivity contribution < 1.29 is 14.7 Å². The molecule has 6 atom stereocenters. The largest absolute Gasteiger partial charge is 0.392 e. The number of aromatic nitrogens is 1. The van der Waals surface area contributed by atoms with Gasteiger partial charge in [0.2, 0.25) is 11.8 Å². The van der Waals surface area contributed by atoms with E-state index in [-0.39, 0.29) is 40.9 Å². The van der Waals surface area contributed by atoms with E-state index >= 15 is 0 Å². The van der Waals surface area contributed by atoms with E-state index in [1.165, 1.54) is 4.88 Å². The number of nitrogens with one attached hydrogen (secondary N) is 1. The minimum absolute atomic E-state index is 0.00385. The maximum atomic E-state index is 12.9. The lowest BCUT2D eigenvalue weighted by Gasteiger charge is -2.53. The maximum absolute atomic E-state index is 12.9. The Kier molecular flexibility index (Phi) is 7.82.